The smallest absolute Gasteiger partial charge is 0.324 e. The summed E-state index contributed by atoms with van der Waals surface area (Å²) in [6.45, 7) is 7.64. The first-order valence-corrected chi connectivity index (χ1v) is 9.55. The molecule has 0 saturated heterocycles. The Morgan fingerprint density at radius 3 is 2.46 bits per heavy atom. The van der Waals surface area contributed by atoms with E-state index in [0.29, 0.717) is 11.3 Å². The van der Waals surface area contributed by atoms with Gasteiger partial charge in [-0.2, -0.15) is 5.10 Å². The Labute approximate surface area is 142 Å². The van der Waals surface area contributed by atoms with Crippen LogP contribution in [0.1, 0.15) is 38.1 Å². The Bertz CT molecular complexity index is 763. The van der Waals surface area contributed by atoms with E-state index in [1.54, 1.807) is 11.6 Å². The summed E-state index contributed by atoms with van der Waals surface area (Å²) in [7, 11) is -3.94. The third-order valence-electron chi connectivity index (χ3n) is 3.43. The van der Waals surface area contributed by atoms with Crippen LogP contribution < -0.4 is 0 Å². The summed E-state index contributed by atoms with van der Waals surface area (Å²) in [6, 6.07) is 9.41. The molecule has 1 unspecified atom stereocenters. The summed E-state index contributed by atoms with van der Waals surface area (Å²) < 4.78 is 18.5. The number of hydrogen-bond acceptors (Lipinski definition) is 4. The predicted octanol–water partition coefficient (Wildman–Crippen LogP) is 3.71. The molecule has 0 aliphatic heterocycles. The molecule has 2 rings (SSSR count). The zero-order valence-corrected chi connectivity index (χ0v) is 15.3. The predicted molar refractivity (Wildman–Crippen MR) is 93.3 cm³/mol. The standard InChI is InChI=1S/C17H23N2O4P/c1-5-23-24(21,22)12-15(20)14-11-18-19(17(2,3)4)16(14)13-9-7-6-8-10-13/h6-11H,5,12H2,1-4H3,(H,21,22). The maximum Gasteiger partial charge on any atom is 0.335 e. The SMILES string of the molecule is CCOP(=O)(O)CC(=O)c1cnn(C(C)(C)C)c1-c1ccccc1. The molecule has 24 heavy (non-hydrogen) atoms. The van der Waals surface area contributed by atoms with Crippen LogP contribution in [-0.2, 0) is 14.6 Å². The molecule has 130 valence electrons. The van der Waals surface area contributed by atoms with Gasteiger partial charge in [-0.25, -0.2) is 0 Å². The van der Waals surface area contributed by atoms with Crippen LogP contribution >= 0.6 is 7.60 Å². The fourth-order valence-electron chi connectivity index (χ4n) is 2.45. The van der Waals surface area contributed by atoms with Crippen LogP contribution in [-0.4, -0.2) is 33.2 Å². The molecule has 1 aromatic heterocycles. The molecule has 0 radical (unpaired) electrons. The molecule has 2 aromatic rings. The van der Waals surface area contributed by atoms with Crippen LogP contribution in [0.15, 0.2) is 36.5 Å². The Morgan fingerprint density at radius 1 is 1.29 bits per heavy atom. The Balaban J connectivity index is 2.50. The monoisotopic (exact) mass is 350 g/mol. The van der Waals surface area contributed by atoms with Gasteiger partial charge in [0.05, 0.1) is 29.6 Å². The minimum Gasteiger partial charge on any atom is -0.324 e. The lowest BCUT2D eigenvalue weighted by molar-refractivity contribution is 0.101. The normalized spacial score (nSPS) is 14.4. The topological polar surface area (TPSA) is 81.4 Å². The molecule has 0 aliphatic rings. The first kappa shape index (κ1) is 18.6. The van der Waals surface area contributed by atoms with Crippen molar-refractivity contribution in [1.82, 2.24) is 9.78 Å². The van der Waals surface area contributed by atoms with E-state index in [0.717, 1.165) is 5.56 Å². The first-order chi connectivity index (χ1) is 11.2. The highest BCUT2D eigenvalue weighted by atomic mass is 31.2. The highest BCUT2D eigenvalue weighted by Crippen LogP contribution is 2.42. The number of benzene rings is 1. The summed E-state index contributed by atoms with van der Waals surface area (Å²) in [5.41, 5.74) is 1.46. The second-order valence-electron chi connectivity index (χ2n) is 6.49. The van der Waals surface area contributed by atoms with Crippen molar-refractivity contribution in [3.63, 3.8) is 0 Å². The largest absolute Gasteiger partial charge is 0.335 e. The van der Waals surface area contributed by atoms with Crippen LogP contribution in [0.4, 0.5) is 0 Å². The number of nitrogens with zero attached hydrogens (tertiary/aromatic N) is 2. The molecule has 0 saturated carbocycles. The van der Waals surface area contributed by atoms with Crippen molar-refractivity contribution in [3.05, 3.63) is 42.1 Å². The zero-order chi connectivity index (χ0) is 18.0. The van der Waals surface area contributed by atoms with Gasteiger partial charge in [0.2, 0.25) is 0 Å². The van der Waals surface area contributed by atoms with Crippen LogP contribution in [0.5, 0.6) is 0 Å². The number of aromatic nitrogens is 2. The average molecular weight is 350 g/mol. The number of ketones is 1. The highest BCUT2D eigenvalue weighted by molar-refractivity contribution is 7.53. The van der Waals surface area contributed by atoms with Gasteiger partial charge in [-0.05, 0) is 27.7 Å². The molecule has 0 amide bonds. The highest BCUT2D eigenvalue weighted by Gasteiger charge is 2.30. The summed E-state index contributed by atoms with van der Waals surface area (Å²) in [5, 5.41) is 4.34. The number of carbonyl (C=O) groups excluding carboxylic acids is 1. The van der Waals surface area contributed by atoms with E-state index in [4.69, 9.17) is 4.52 Å². The van der Waals surface area contributed by atoms with Crippen molar-refractivity contribution >= 4 is 13.4 Å². The molecule has 1 heterocycles. The molecule has 1 atom stereocenters. The van der Waals surface area contributed by atoms with Gasteiger partial charge in [-0.1, -0.05) is 30.3 Å². The van der Waals surface area contributed by atoms with Crippen LogP contribution in [0.2, 0.25) is 0 Å². The van der Waals surface area contributed by atoms with E-state index in [1.807, 2.05) is 51.1 Å². The van der Waals surface area contributed by atoms with Crippen molar-refractivity contribution in [3.8, 4) is 11.3 Å². The van der Waals surface area contributed by atoms with Gasteiger partial charge in [-0.15, -0.1) is 0 Å². The lowest BCUT2D eigenvalue weighted by Gasteiger charge is -2.23. The third kappa shape index (κ3) is 4.20. The molecular formula is C17H23N2O4P. The summed E-state index contributed by atoms with van der Waals surface area (Å²) >= 11 is 0. The lowest BCUT2D eigenvalue weighted by Crippen LogP contribution is -2.24. The molecule has 1 aromatic carbocycles. The number of Topliss-reactive ketones (excluding diaryl/α,β-unsaturated/α-hetero) is 1. The summed E-state index contributed by atoms with van der Waals surface area (Å²) in [4.78, 5) is 22.4. The molecule has 0 bridgehead atoms. The number of carbonyl (C=O) groups is 1. The average Bonchev–Trinajstić information content (AvgIpc) is 2.92. The molecular weight excluding hydrogens is 327 g/mol. The Hall–Kier alpha value is -1.75. The van der Waals surface area contributed by atoms with Crippen LogP contribution in [0, 0.1) is 0 Å². The lowest BCUT2D eigenvalue weighted by atomic mass is 10.0. The fourth-order valence-corrected chi connectivity index (χ4v) is 3.48. The van der Waals surface area contributed by atoms with Gasteiger partial charge in [0.25, 0.3) is 0 Å². The second-order valence-corrected chi connectivity index (χ2v) is 8.34. The van der Waals surface area contributed by atoms with Gasteiger partial charge in [0, 0.05) is 5.56 Å². The molecule has 6 nitrogen and oxygen atoms in total. The van der Waals surface area contributed by atoms with E-state index < -0.39 is 19.5 Å². The summed E-state index contributed by atoms with van der Waals surface area (Å²) in [6.07, 6.45) is 0.901. The maximum atomic E-state index is 12.6. The van der Waals surface area contributed by atoms with E-state index in [9.17, 15) is 14.3 Å². The van der Waals surface area contributed by atoms with E-state index in [1.165, 1.54) is 6.20 Å². The van der Waals surface area contributed by atoms with Crippen molar-refractivity contribution < 1.29 is 18.8 Å². The van der Waals surface area contributed by atoms with Gasteiger partial charge >= 0.3 is 7.60 Å². The Morgan fingerprint density at radius 2 is 1.92 bits per heavy atom. The summed E-state index contributed by atoms with van der Waals surface area (Å²) in [5.74, 6) is -0.455. The van der Waals surface area contributed by atoms with Gasteiger partial charge < -0.3 is 9.42 Å². The zero-order valence-electron chi connectivity index (χ0n) is 14.4. The fraction of sp³-hybridized carbons (Fsp3) is 0.412. The number of rotatable bonds is 6. The van der Waals surface area contributed by atoms with E-state index in [-0.39, 0.29) is 12.1 Å². The maximum absolute atomic E-state index is 12.6. The van der Waals surface area contributed by atoms with Crippen molar-refractivity contribution in [2.24, 2.45) is 0 Å². The minimum atomic E-state index is -3.94. The molecule has 0 spiro atoms. The Kier molecular flexibility index (Phi) is 5.43. The quantitative estimate of drug-likeness (QED) is 0.634. The van der Waals surface area contributed by atoms with Gasteiger partial charge in [0.15, 0.2) is 5.78 Å². The minimum absolute atomic E-state index is 0.0772. The molecule has 1 N–H and O–H groups in total. The van der Waals surface area contributed by atoms with Crippen molar-refractivity contribution in [2.75, 3.05) is 12.8 Å². The van der Waals surface area contributed by atoms with Crippen LogP contribution in [0.3, 0.4) is 0 Å². The van der Waals surface area contributed by atoms with Crippen molar-refractivity contribution in [1.29, 1.82) is 0 Å². The van der Waals surface area contributed by atoms with Gasteiger partial charge in [-0.3, -0.25) is 14.0 Å². The van der Waals surface area contributed by atoms with Crippen LogP contribution in [0.25, 0.3) is 11.3 Å². The van der Waals surface area contributed by atoms with E-state index in [2.05, 4.69) is 5.10 Å². The van der Waals surface area contributed by atoms with Crippen molar-refractivity contribution in [2.45, 2.75) is 33.2 Å². The molecule has 0 aliphatic carbocycles. The second kappa shape index (κ2) is 7.01. The van der Waals surface area contributed by atoms with E-state index >= 15 is 0 Å². The van der Waals surface area contributed by atoms with Gasteiger partial charge in [0.1, 0.15) is 6.16 Å². The first-order valence-electron chi connectivity index (χ1n) is 7.79. The number of hydrogen-bond donors (Lipinski definition) is 1. The third-order valence-corrected chi connectivity index (χ3v) is 4.78. The molecule has 7 heteroatoms. The molecule has 0 fully saturated rings.